The SMILES string of the molecule is O=C(N[C@H]1CC[C@H](CCNS(=O)(=O)c2ccccc2)O[C@@H]1CO)c1cnccn1. The van der Waals surface area contributed by atoms with Gasteiger partial charge in [-0.25, -0.2) is 18.1 Å². The zero-order valence-corrected chi connectivity index (χ0v) is 16.6. The van der Waals surface area contributed by atoms with Crippen LogP contribution in [0.2, 0.25) is 0 Å². The minimum atomic E-state index is -3.56. The summed E-state index contributed by atoms with van der Waals surface area (Å²) < 4.78 is 32.9. The van der Waals surface area contributed by atoms with Crippen LogP contribution in [0.25, 0.3) is 0 Å². The summed E-state index contributed by atoms with van der Waals surface area (Å²) >= 11 is 0. The van der Waals surface area contributed by atoms with Crippen molar-refractivity contribution in [3.8, 4) is 0 Å². The van der Waals surface area contributed by atoms with Crippen molar-refractivity contribution in [1.29, 1.82) is 0 Å². The number of ether oxygens (including phenoxy) is 1. The number of rotatable bonds is 8. The van der Waals surface area contributed by atoms with Crippen LogP contribution in [0.1, 0.15) is 29.8 Å². The quantitative estimate of drug-likeness (QED) is 0.566. The van der Waals surface area contributed by atoms with Crippen LogP contribution in [-0.4, -0.2) is 60.8 Å². The highest BCUT2D eigenvalue weighted by atomic mass is 32.2. The van der Waals surface area contributed by atoms with Gasteiger partial charge in [0.15, 0.2) is 0 Å². The number of hydrogen-bond donors (Lipinski definition) is 3. The molecule has 0 aliphatic carbocycles. The maximum absolute atomic E-state index is 12.3. The number of sulfonamides is 1. The van der Waals surface area contributed by atoms with Crippen LogP contribution in [-0.2, 0) is 14.8 Å². The number of carbonyl (C=O) groups excluding carboxylic acids is 1. The maximum atomic E-state index is 12.3. The van der Waals surface area contributed by atoms with Gasteiger partial charge in [-0.2, -0.15) is 0 Å². The summed E-state index contributed by atoms with van der Waals surface area (Å²) in [6.07, 6.45) is 5.20. The molecule has 1 aliphatic heterocycles. The molecule has 0 bridgehead atoms. The van der Waals surface area contributed by atoms with Gasteiger partial charge < -0.3 is 15.2 Å². The van der Waals surface area contributed by atoms with Crippen molar-refractivity contribution in [3.63, 3.8) is 0 Å². The zero-order chi connectivity index (χ0) is 20.7. The Morgan fingerprint density at radius 2 is 2.00 bits per heavy atom. The maximum Gasteiger partial charge on any atom is 0.271 e. The standard InChI is InChI=1S/C19H24N4O5S/c24-13-18-16(23-19(25)17-12-20-10-11-21-17)7-6-14(28-18)8-9-22-29(26,27)15-4-2-1-3-5-15/h1-5,10-12,14,16,18,22,24H,6-9,13H2,(H,23,25)/t14-,16+,18-/m1/s1. The summed E-state index contributed by atoms with van der Waals surface area (Å²) in [5.74, 6) is -0.376. The summed E-state index contributed by atoms with van der Waals surface area (Å²) in [5.41, 5.74) is 0.196. The van der Waals surface area contributed by atoms with E-state index in [4.69, 9.17) is 4.74 Å². The van der Waals surface area contributed by atoms with E-state index in [0.29, 0.717) is 19.3 Å². The fourth-order valence-electron chi connectivity index (χ4n) is 3.21. The molecule has 2 aromatic rings. The lowest BCUT2D eigenvalue weighted by Crippen LogP contribution is -2.51. The number of nitrogens with zero attached hydrogens (tertiary/aromatic N) is 2. The van der Waals surface area contributed by atoms with Crippen LogP contribution in [0.15, 0.2) is 53.8 Å². The van der Waals surface area contributed by atoms with E-state index in [1.54, 1.807) is 18.2 Å². The normalized spacial score (nSPS) is 22.2. The van der Waals surface area contributed by atoms with Crippen LogP contribution in [0, 0.1) is 0 Å². The van der Waals surface area contributed by atoms with E-state index in [0.717, 1.165) is 0 Å². The van der Waals surface area contributed by atoms with Crippen LogP contribution in [0.5, 0.6) is 0 Å². The number of aromatic nitrogens is 2. The Hall–Kier alpha value is -2.40. The lowest BCUT2D eigenvalue weighted by molar-refractivity contribution is -0.0891. The molecule has 1 fully saturated rings. The smallest absolute Gasteiger partial charge is 0.271 e. The number of aliphatic hydroxyl groups is 1. The second-order valence-corrected chi connectivity index (χ2v) is 8.49. The molecule has 0 radical (unpaired) electrons. The van der Waals surface area contributed by atoms with E-state index >= 15 is 0 Å². The van der Waals surface area contributed by atoms with E-state index < -0.39 is 16.1 Å². The minimum absolute atomic E-state index is 0.196. The molecule has 1 amide bonds. The molecular weight excluding hydrogens is 396 g/mol. The van der Waals surface area contributed by atoms with Crippen LogP contribution in [0.4, 0.5) is 0 Å². The van der Waals surface area contributed by atoms with Crippen LogP contribution >= 0.6 is 0 Å². The number of nitrogens with one attached hydrogen (secondary N) is 2. The van der Waals surface area contributed by atoms with Gasteiger partial charge >= 0.3 is 0 Å². The molecule has 0 saturated carbocycles. The third kappa shape index (κ3) is 5.80. The fraction of sp³-hybridized carbons (Fsp3) is 0.421. The van der Waals surface area contributed by atoms with Crippen molar-refractivity contribution in [2.24, 2.45) is 0 Å². The Balaban J connectivity index is 1.49. The first-order chi connectivity index (χ1) is 14.0. The van der Waals surface area contributed by atoms with Gasteiger partial charge in [-0.05, 0) is 31.4 Å². The molecule has 0 unspecified atom stereocenters. The summed E-state index contributed by atoms with van der Waals surface area (Å²) in [6, 6.07) is 7.80. The van der Waals surface area contributed by atoms with Gasteiger partial charge in [-0.3, -0.25) is 9.78 Å². The average molecular weight is 420 g/mol. The molecule has 9 nitrogen and oxygen atoms in total. The largest absolute Gasteiger partial charge is 0.394 e. The predicted octanol–water partition coefficient (Wildman–Crippen LogP) is 0.483. The third-order valence-electron chi connectivity index (χ3n) is 4.72. The van der Waals surface area contributed by atoms with Crippen molar-refractivity contribution in [2.75, 3.05) is 13.2 Å². The van der Waals surface area contributed by atoms with E-state index in [1.807, 2.05) is 0 Å². The molecule has 3 N–H and O–H groups in total. The van der Waals surface area contributed by atoms with Crippen molar-refractivity contribution in [2.45, 2.75) is 42.4 Å². The summed E-state index contributed by atoms with van der Waals surface area (Å²) in [7, 11) is -3.56. The molecule has 1 aliphatic rings. The molecule has 29 heavy (non-hydrogen) atoms. The van der Waals surface area contributed by atoms with Gasteiger partial charge in [0.25, 0.3) is 5.91 Å². The second-order valence-electron chi connectivity index (χ2n) is 6.73. The van der Waals surface area contributed by atoms with Gasteiger partial charge in [0.05, 0.1) is 29.8 Å². The first-order valence-corrected chi connectivity index (χ1v) is 10.9. The van der Waals surface area contributed by atoms with Gasteiger partial charge in [0.2, 0.25) is 10.0 Å². The van der Waals surface area contributed by atoms with Crippen molar-refractivity contribution < 1.29 is 23.1 Å². The lowest BCUT2D eigenvalue weighted by Gasteiger charge is -2.36. The van der Waals surface area contributed by atoms with Crippen molar-refractivity contribution in [3.05, 3.63) is 54.6 Å². The fourth-order valence-corrected chi connectivity index (χ4v) is 4.27. The zero-order valence-electron chi connectivity index (χ0n) is 15.8. The predicted molar refractivity (Wildman–Crippen MR) is 105 cm³/mol. The van der Waals surface area contributed by atoms with Crippen molar-refractivity contribution >= 4 is 15.9 Å². The molecule has 10 heteroatoms. The highest BCUT2D eigenvalue weighted by Crippen LogP contribution is 2.22. The molecule has 3 atom stereocenters. The van der Waals surface area contributed by atoms with E-state index in [-0.39, 0.29) is 41.8 Å². The summed E-state index contributed by atoms with van der Waals surface area (Å²) in [5, 5.41) is 12.5. The van der Waals surface area contributed by atoms with Gasteiger partial charge in [-0.15, -0.1) is 0 Å². The Labute approximate surface area is 169 Å². The number of aliphatic hydroxyl groups excluding tert-OH is 1. The molecular formula is C19H24N4O5S. The van der Waals surface area contributed by atoms with Gasteiger partial charge in [-0.1, -0.05) is 18.2 Å². The Morgan fingerprint density at radius 3 is 2.69 bits per heavy atom. The average Bonchev–Trinajstić information content (AvgIpc) is 2.75. The van der Waals surface area contributed by atoms with E-state index in [9.17, 15) is 18.3 Å². The number of amides is 1. The van der Waals surface area contributed by atoms with Gasteiger partial charge in [0, 0.05) is 18.9 Å². The number of benzene rings is 1. The highest BCUT2D eigenvalue weighted by molar-refractivity contribution is 7.89. The first-order valence-electron chi connectivity index (χ1n) is 9.37. The van der Waals surface area contributed by atoms with Gasteiger partial charge in [0.1, 0.15) is 11.8 Å². The Bertz CT molecular complexity index is 895. The topological polar surface area (TPSA) is 131 Å². The summed E-state index contributed by atoms with van der Waals surface area (Å²) in [6.45, 7) is -0.0334. The lowest BCUT2D eigenvalue weighted by atomic mass is 9.97. The van der Waals surface area contributed by atoms with Crippen LogP contribution < -0.4 is 10.0 Å². The molecule has 3 rings (SSSR count). The van der Waals surface area contributed by atoms with E-state index in [1.165, 1.54) is 30.7 Å². The number of hydrogen-bond acceptors (Lipinski definition) is 7. The third-order valence-corrected chi connectivity index (χ3v) is 6.20. The first kappa shape index (κ1) is 21.3. The molecule has 2 heterocycles. The second kappa shape index (κ2) is 9.88. The van der Waals surface area contributed by atoms with E-state index in [2.05, 4.69) is 20.0 Å². The molecule has 0 spiro atoms. The van der Waals surface area contributed by atoms with Crippen LogP contribution in [0.3, 0.4) is 0 Å². The molecule has 1 saturated heterocycles. The summed E-state index contributed by atoms with van der Waals surface area (Å²) in [4.78, 5) is 20.3. The molecule has 1 aromatic carbocycles. The monoisotopic (exact) mass is 420 g/mol. The Morgan fingerprint density at radius 1 is 1.21 bits per heavy atom. The number of carbonyl (C=O) groups is 1. The molecule has 1 aromatic heterocycles. The molecule has 156 valence electrons. The minimum Gasteiger partial charge on any atom is -0.394 e. The Kier molecular flexibility index (Phi) is 7.26. The highest BCUT2D eigenvalue weighted by Gasteiger charge is 2.32. The van der Waals surface area contributed by atoms with Crippen molar-refractivity contribution in [1.82, 2.24) is 20.0 Å².